The van der Waals surface area contributed by atoms with Gasteiger partial charge in [0.1, 0.15) is 76.6 Å². The van der Waals surface area contributed by atoms with Gasteiger partial charge in [0, 0.05) is 41.9 Å². The Bertz CT molecular complexity index is 2560. The number of aromatic nitrogens is 2. The number of hydrogen-bond acceptors (Lipinski definition) is 13. The van der Waals surface area contributed by atoms with Gasteiger partial charge in [-0.2, -0.15) is 0 Å². The zero-order chi connectivity index (χ0) is 43.3. The standard InChI is InChI=1S/C48H57N7O7/c1-6-7-8-14-52-41-21-31(20-32(53-41)25-55-24-30-12-15-51-35(30)26-55)34-18-28(19-40(49)54-34)9-10-39-48(62-39)13-11-29(23-50-5)17-33-42-38(61-47(3,4)45(33)60-46(48)58)22-37-43(44(42)57)36(56)16-27(2)59-37/h12,15-16,18-22,24,29,33,39,45,50,57H,6-11,13-14,17,23,25-26H2,1-5H3,(H2,49,54)(H,52,53)/p+1. The predicted molar refractivity (Wildman–Crippen MR) is 237 cm³/mol. The number of ether oxygens (including phenoxy) is 3. The van der Waals surface area contributed by atoms with Crippen LogP contribution < -0.4 is 31.4 Å². The van der Waals surface area contributed by atoms with E-state index >= 15 is 0 Å². The van der Waals surface area contributed by atoms with Gasteiger partial charge in [-0.1, -0.05) is 19.8 Å². The molecular formula is C48H58N7O7+. The topological polar surface area (TPSA) is 191 Å². The monoisotopic (exact) mass is 844 g/mol. The second kappa shape index (κ2) is 16.6. The molecule has 14 heteroatoms. The van der Waals surface area contributed by atoms with Gasteiger partial charge in [-0.15, -0.1) is 0 Å². The molecule has 2 fully saturated rings. The Labute approximate surface area is 361 Å². The molecule has 9 rings (SSSR count). The summed E-state index contributed by atoms with van der Waals surface area (Å²) in [6.45, 7) is 10.7. The highest BCUT2D eigenvalue weighted by Gasteiger charge is 2.65. The number of nitrogens with two attached hydrogens (primary N) is 1. The Hall–Kier alpha value is -5.57. The van der Waals surface area contributed by atoms with Gasteiger partial charge < -0.3 is 40.1 Å². The number of benzene rings is 1. The van der Waals surface area contributed by atoms with Crippen molar-refractivity contribution in [1.29, 1.82) is 0 Å². The van der Waals surface area contributed by atoms with Crippen LogP contribution in [0.2, 0.25) is 0 Å². The van der Waals surface area contributed by atoms with Crippen molar-refractivity contribution in [1.82, 2.24) is 15.3 Å². The van der Waals surface area contributed by atoms with Crippen LogP contribution in [0.4, 0.5) is 11.6 Å². The highest BCUT2D eigenvalue weighted by Crippen LogP contribution is 2.54. The van der Waals surface area contributed by atoms with Crippen LogP contribution in [0.1, 0.15) is 94.2 Å². The summed E-state index contributed by atoms with van der Waals surface area (Å²) in [4.78, 5) is 43.2. The number of nitrogen functional groups attached to an aromatic ring is 1. The third-order valence-electron chi connectivity index (χ3n) is 13.2. The number of anilines is 2. The Morgan fingerprint density at radius 3 is 2.74 bits per heavy atom. The first kappa shape index (κ1) is 41.8. The zero-order valence-corrected chi connectivity index (χ0v) is 36.3. The molecule has 4 aromatic rings. The average Bonchev–Trinajstić information content (AvgIpc) is 3.52. The first-order valence-electron chi connectivity index (χ1n) is 22.2. The lowest BCUT2D eigenvalue weighted by molar-refractivity contribution is -0.848. The number of nitrogens with one attached hydrogen (secondary N) is 3. The summed E-state index contributed by atoms with van der Waals surface area (Å²) in [7, 11) is 1.91. The number of rotatable bonds is 13. The molecule has 5 aliphatic rings. The van der Waals surface area contributed by atoms with Gasteiger partial charge in [-0.25, -0.2) is 14.8 Å². The number of aryl methyl sites for hydroxylation is 2. The van der Waals surface area contributed by atoms with Gasteiger partial charge in [0.2, 0.25) is 0 Å². The lowest BCUT2D eigenvalue weighted by atomic mass is 9.75. The molecule has 1 aromatic carbocycles. The SMILES string of the molecule is CCCCCNc1cc(-c2cc(CCC3OC34CCC(CNC)CC3c5c(cc6oc(C)cc(=O)c6c5O)OC(C)(C)C3OC4=O)cc(N)n2)cc(C[NH+]2C=C3C=CN=C3C2)n1. The van der Waals surface area contributed by atoms with Crippen molar-refractivity contribution in [3.8, 4) is 22.8 Å². The van der Waals surface area contributed by atoms with Crippen LogP contribution in [0.15, 0.2) is 74.7 Å². The molecule has 8 heterocycles. The normalized spacial score (nSPS) is 25.8. The summed E-state index contributed by atoms with van der Waals surface area (Å²) >= 11 is 0. The molecule has 326 valence electrons. The van der Waals surface area contributed by atoms with E-state index in [1.54, 1.807) is 13.0 Å². The Kier molecular flexibility index (Phi) is 11.2. The number of epoxide rings is 1. The third-order valence-corrected chi connectivity index (χ3v) is 13.2. The Morgan fingerprint density at radius 1 is 1.08 bits per heavy atom. The molecular weight excluding hydrogens is 787 g/mol. The van der Waals surface area contributed by atoms with Crippen molar-refractivity contribution < 1.29 is 33.4 Å². The Balaban J connectivity index is 0.954. The van der Waals surface area contributed by atoms with E-state index in [0.29, 0.717) is 68.1 Å². The second-order valence-electron chi connectivity index (χ2n) is 18.3. The van der Waals surface area contributed by atoms with Crippen LogP contribution in [-0.2, 0) is 27.2 Å². The smallest absolute Gasteiger partial charge is 0.341 e. The largest absolute Gasteiger partial charge is 0.507 e. The van der Waals surface area contributed by atoms with Crippen LogP contribution >= 0.6 is 0 Å². The van der Waals surface area contributed by atoms with Crippen LogP contribution in [0.3, 0.4) is 0 Å². The number of nitrogens with zero attached hydrogens (tertiary/aromatic N) is 3. The fourth-order valence-corrected chi connectivity index (χ4v) is 10.1. The molecule has 5 aliphatic heterocycles. The first-order chi connectivity index (χ1) is 29.8. The summed E-state index contributed by atoms with van der Waals surface area (Å²) in [6.07, 6.45) is 11.3. The summed E-state index contributed by atoms with van der Waals surface area (Å²) < 4.78 is 25.3. The van der Waals surface area contributed by atoms with Crippen LogP contribution in [0.25, 0.3) is 22.2 Å². The molecule has 6 unspecified atom stereocenters. The van der Waals surface area contributed by atoms with Crippen molar-refractivity contribution in [3.63, 3.8) is 0 Å². The predicted octanol–water partition coefficient (Wildman–Crippen LogP) is 5.66. The van der Waals surface area contributed by atoms with E-state index in [9.17, 15) is 14.7 Å². The molecule has 1 spiro atoms. The minimum Gasteiger partial charge on any atom is -0.507 e. The summed E-state index contributed by atoms with van der Waals surface area (Å²) in [5.74, 6) is 1.11. The maximum atomic E-state index is 14.5. The number of fused-ring (bicyclic) bond motifs is 5. The maximum absolute atomic E-state index is 14.5. The number of unbranched alkanes of at least 4 members (excludes halogenated alkanes) is 2. The highest BCUT2D eigenvalue weighted by molar-refractivity contribution is 6.06. The molecule has 0 radical (unpaired) electrons. The van der Waals surface area contributed by atoms with E-state index in [2.05, 4.69) is 53.0 Å². The summed E-state index contributed by atoms with van der Waals surface area (Å²) in [5.41, 5.74) is 10.7. The fourth-order valence-electron chi connectivity index (χ4n) is 10.1. The van der Waals surface area contributed by atoms with Gasteiger partial charge in [0.05, 0.1) is 23.1 Å². The van der Waals surface area contributed by atoms with E-state index in [4.69, 9.17) is 34.3 Å². The van der Waals surface area contributed by atoms with Crippen LogP contribution in [-0.4, -0.2) is 76.8 Å². The quantitative estimate of drug-likeness (QED) is 0.0632. The summed E-state index contributed by atoms with van der Waals surface area (Å²) in [5, 5.41) is 18.7. The molecule has 0 bridgehead atoms. The van der Waals surface area contributed by atoms with Crippen molar-refractivity contribution in [2.24, 2.45) is 10.9 Å². The first-order valence-corrected chi connectivity index (χ1v) is 22.2. The lowest BCUT2D eigenvalue weighted by Gasteiger charge is -2.45. The van der Waals surface area contributed by atoms with Gasteiger partial charge >= 0.3 is 5.97 Å². The maximum Gasteiger partial charge on any atom is 0.341 e. The highest BCUT2D eigenvalue weighted by atomic mass is 16.7. The number of aliphatic imine (C=N–C) groups is 1. The van der Waals surface area contributed by atoms with E-state index in [-0.39, 0.29) is 34.2 Å². The second-order valence-corrected chi connectivity index (χ2v) is 18.3. The molecule has 62 heavy (non-hydrogen) atoms. The van der Waals surface area contributed by atoms with Crippen molar-refractivity contribution in [3.05, 3.63) is 93.3 Å². The van der Waals surface area contributed by atoms with Crippen LogP contribution in [0, 0.1) is 12.8 Å². The lowest BCUT2D eigenvalue weighted by Crippen LogP contribution is -3.05. The number of pyridine rings is 2. The molecule has 6 atom stereocenters. The van der Waals surface area contributed by atoms with E-state index in [1.165, 1.54) is 16.5 Å². The zero-order valence-electron chi connectivity index (χ0n) is 36.3. The van der Waals surface area contributed by atoms with E-state index in [1.807, 2.05) is 33.2 Å². The number of aromatic hydroxyl groups is 1. The van der Waals surface area contributed by atoms with Crippen molar-refractivity contribution in [2.45, 2.75) is 115 Å². The number of allylic oxidation sites excluding steroid dienone is 1. The third kappa shape index (κ3) is 8.11. The van der Waals surface area contributed by atoms with Gasteiger partial charge in [-0.05, 0) is 115 Å². The minimum absolute atomic E-state index is 0.0927. The van der Waals surface area contributed by atoms with E-state index in [0.717, 1.165) is 66.4 Å². The molecule has 0 saturated carbocycles. The molecule has 14 nitrogen and oxygen atoms in total. The molecule has 6 N–H and O–H groups in total. The number of hydrogen-bond donors (Lipinski definition) is 5. The van der Waals surface area contributed by atoms with Gasteiger partial charge in [-0.3, -0.25) is 14.7 Å². The van der Waals surface area contributed by atoms with Crippen molar-refractivity contribution in [2.75, 3.05) is 37.7 Å². The minimum atomic E-state index is -1.12. The fraction of sp³-hybridized carbons (Fsp3) is 0.479. The number of carbonyl (C=O) groups excluding carboxylic acids is 1. The van der Waals surface area contributed by atoms with Gasteiger partial charge in [0.15, 0.2) is 11.0 Å². The van der Waals surface area contributed by atoms with Gasteiger partial charge in [0.25, 0.3) is 0 Å². The number of quaternary nitrogens is 1. The number of esters is 1. The summed E-state index contributed by atoms with van der Waals surface area (Å²) in [6, 6.07) is 11.2. The molecule has 2 saturated heterocycles. The van der Waals surface area contributed by atoms with Crippen LogP contribution in [0.5, 0.6) is 11.5 Å². The molecule has 0 amide bonds. The average molecular weight is 845 g/mol. The number of phenols is 1. The Morgan fingerprint density at radius 2 is 1.94 bits per heavy atom. The molecule has 3 aromatic heterocycles. The molecule has 0 aliphatic carbocycles. The van der Waals surface area contributed by atoms with Crippen molar-refractivity contribution >= 4 is 34.3 Å². The van der Waals surface area contributed by atoms with E-state index < -0.39 is 29.2 Å². The number of phenolic OH excluding ortho intramolecular Hbond substituents is 1. The number of carbonyl (C=O) groups is 1.